The Kier molecular flexibility index (Phi) is 5.44. The summed E-state index contributed by atoms with van der Waals surface area (Å²) in [5.41, 5.74) is 2.18. The van der Waals surface area contributed by atoms with Gasteiger partial charge in [0.15, 0.2) is 5.65 Å². The Bertz CT molecular complexity index is 1270. The number of fused-ring (bicyclic) bond motifs is 1. The molecular weight excluding hydrogens is 398 g/mol. The van der Waals surface area contributed by atoms with Gasteiger partial charge in [-0.1, -0.05) is 30.3 Å². The van der Waals surface area contributed by atoms with E-state index in [0.29, 0.717) is 28.4 Å². The Morgan fingerprint density at radius 1 is 1.00 bits per heavy atom. The summed E-state index contributed by atoms with van der Waals surface area (Å²) in [6, 6.07) is 17.5. The van der Waals surface area contributed by atoms with E-state index in [4.69, 9.17) is 14.2 Å². The molecule has 0 radical (unpaired) electrons. The Balaban J connectivity index is 1.61. The second-order valence-corrected chi connectivity index (χ2v) is 6.90. The number of esters is 1. The maximum atomic E-state index is 12.7. The van der Waals surface area contributed by atoms with Crippen molar-refractivity contribution in [1.82, 2.24) is 14.6 Å². The topological polar surface area (TPSA) is 94.9 Å². The van der Waals surface area contributed by atoms with Gasteiger partial charge in [-0.3, -0.25) is 9.89 Å². The van der Waals surface area contributed by atoms with Crippen LogP contribution >= 0.6 is 0 Å². The predicted octanol–water partition coefficient (Wildman–Crippen LogP) is 3.62. The number of benzene rings is 2. The lowest BCUT2D eigenvalue weighted by atomic mass is 10.1. The van der Waals surface area contributed by atoms with Crippen molar-refractivity contribution in [3.8, 4) is 22.8 Å². The monoisotopic (exact) mass is 419 g/mol. The molecule has 158 valence electrons. The lowest BCUT2D eigenvalue weighted by Crippen LogP contribution is -2.15. The second-order valence-electron chi connectivity index (χ2n) is 6.90. The first-order valence-corrected chi connectivity index (χ1v) is 9.60. The van der Waals surface area contributed by atoms with Crippen molar-refractivity contribution in [3.63, 3.8) is 0 Å². The zero-order valence-corrected chi connectivity index (χ0v) is 17.3. The summed E-state index contributed by atoms with van der Waals surface area (Å²) in [5, 5.41) is 2.76. The molecule has 2 aromatic carbocycles. The van der Waals surface area contributed by atoms with Gasteiger partial charge in [-0.05, 0) is 24.6 Å². The van der Waals surface area contributed by atoms with Crippen LogP contribution in [0.5, 0.6) is 11.5 Å². The molecular formula is C23H21N3O5. The Labute approximate surface area is 178 Å². The number of nitrogens with zero attached hydrogens (tertiary/aromatic N) is 2. The summed E-state index contributed by atoms with van der Waals surface area (Å²) in [4.78, 5) is 29.7. The van der Waals surface area contributed by atoms with Crippen molar-refractivity contribution < 1.29 is 19.0 Å². The van der Waals surface area contributed by atoms with Gasteiger partial charge in [0.2, 0.25) is 0 Å². The summed E-state index contributed by atoms with van der Waals surface area (Å²) < 4.78 is 17.3. The smallest absolute Gasteiger partial charge is 0.356 e. The minimum absolute atomic E-state index is 0.122. The van der Waals surface area contributed by atoms with Gasteiger partial charge in [-0.25, -0.2) is 14.3 Å². The fraction of sp³-hybridized carbons (Fsp3) is 0.174. The molecule has 0 saturated carbocycles. The molecule has 1 atom stereocenters. The summed E-state index contributed by atoms with van der Waals surface area (Å²) in [7, 11) is 3.10. The minimum Gasteiger partial charge on any atom is -0.497 e. The molecule has 0 aliphatic heterocycles. The number of ether oxygens (including phenoxy) is 3. The van der Waals surface area contributed by atoms with Gasteiger partial charge in [-0.15, -0.1) is 0 Å². The molecule has 0 amide bonds. The van der Waals surface area contributed by atoms with Gasteiger partial charge in [0, 0.05) is 23.8 Å². The lowest BCUT2D eigenvalue weighted by Gasteiger charge is -2.15. The third kappa shape index (κ3) is 4.13. The first-order valence-electron chi connectivity index (χ1n) is 9.60. The number of carbonyl (C=O) groups excluding carboxylic acids is 1. The summed E-state index contributed by atoms with van der Waals surface area (Å²) in [6.45, 7) is 1.74. The third-order valence-corrected chi connectivity index (χ3v) is 4.87. The fourth-order valence-corrected chi connectivity index (χ4v) is 3.21. The zero-order chi connectivity index (χ0) is 22.0. The molecule has 1 N–H and O–H groups in total. The average Bonchev–Trinajstić information content (AvgIpc) is 3.24. The van der Waals surface area contributed by atoms with Gasteiger partial charge in [0.1, 0.15) is 23.3 Å². The summed E-state index contributed by atoms with van der Waals surface area (Å²) in [5.74, 6) is 0.569. The normalized spacial score (nSPS) is 11.8. The SMILES string of the molecule is COc1cc(OC)cc([C@H](C)OC(=O)c2cc3nc(-c4ccccc4)cc(=O)n3[nH]2)c1. The van der Waals surface area contributed by atoms with Crippen LogP contribution in [-0.2, 0) is 4.74 Å². The number of nitrogens with one attached hydrogen (secondary N) is 1. The quantitative estimate of drug-likeness (QED) is 0.480. The van der Waals surface area contributed by atoms with E-state index in [1.54, 1.807) is 39.3 Å². The van der Waals surface area contributed by atoms with Crippen LogP contribution in [0.1, 0.15) is 29.1 Å². The van der Waals surface area contributed by atoms with Gasteiger partial charge in [-0.2, -0.15) is 0 Å². The van der Waals surface area contributed by atoms with E-state index >= 15 is 0 Å². The van der Waals surface area contributed by atoms with Crippen molar-refractivity contribution in [2.45, 2.75) is 13.0 Å². The minimum atomic E-state index is -0.611. The molecule has 2 aromatic heterocycles. The van der Waals surface area contributed by atoms with Crippen molar-refractivity contribution in [2.24, 2.45) is 0 Å². The molecule has 8 nitrogen and oxygen atoms in total. The van der Waals surface area contributed by atoms with E-state index in [1.807, 2.05) is 30.3 Å². The molecule has 0 saturated heterocycles. The lowest BCUT2D eigenvalue weighted by molar-refractivity contribution is 0.0329. The maximum Gasteiger partial charge on any atom is 0.356 e. The molecule has 4 rings (SSSR count). The van der Waals surface area contributed by atoms with Gasteiger partial charge < -0.3 is 14.2 Å². The number of rotatable bonds is 6. The molecule has 4 aromatic rings. The highest BCUT2D eigenvalue weighted by Gasteiger charge is 2.19. The van der Waals surface area contributed by atoms with Gasteiger partial charge >= 0.3 is 5.97 Å². The first kappa shape index (κ1) is 20.2. The molecule has 31 heavy (non-hydrogen) atoms. The molecule has 0 fully saturated rings. The fourth-order valence-electron chi connectivity index (χ4n) is 3.21. The van der Waals surface area contributed by atoms with E-state index in [1.165, 1.54) is 16.6 Å². The predicted molar refractivity (Wildman–Crippen MR) is 115 cm³/mol. The first-order chi connectivity index (χ1) is 15.0. The Hall–Kier alpha value is -4.07. The van der Waals surface area contributed by atoms with Gasteiger partial charge in [0.05, 0.1) is 19.9 Å². The highest BCUT2D eigenvalue weighted by atomic mass is 16.5. The zero-order valence-electron chi connectivity index (χ0n) is 17.3. The average molecular weight is 419 g/mol. The number of carbonyl (C=O) groups is 1. The van der Waals surface area contributed by atoms with Crippen molar-refractivity contribution in [3.05, 3.63) is 82.3 Å². The van der Waals surface area contributed by atoms with E-state index < -0.39 is 12.1 Å². The largest absolute Gasteiger partial charge is 0.497 e. The van der Waals surface area contributed by atoms with Crippen molar-refractivity contribution >= 4 is 11.6 Å². The van der Waals surface area contributed by atoms with Crippen LogP contribution in [-0.4, -0.2) is 34.8 Å². The van der Waals surface area contributed by atoms with Crippen LogP contribution in [0.2, 0.25) is 0 Å². The van der Waals surface area contributed by atoms with Crippen LogP contribution in [0.15, 0.2) is 65.5 Å². The third-order valence-electron chi connectivity index (χ3n) is 4.87. The van der Waals surface area contributed by atoms with E-state index in [9.17, 15) is 9.59 Å². The summed E-state index contributed by atoms with van der Waals surface area (Å²) in [6.07, 6.45) is -0.576. The number of aromatic amines is 1. The molecule has 0 spiro atoms. The standard InChI is InChI=1S/C23H21N3O5/c1-14(16-9-17(29-2)11-18(10-16)30-3)31-23(28)20-12-21-24-19(13-22(27)26(21)25-20)15-7-5-4-6-8-15/h4-14,25H,1-3H3/t14-/m0/s1. The highest BCUT2D eigenvalue weighted by Crippen LogP contribution is 2.28. The molecule has 2 heterocycles. The van der Waals surface area contributed by atoms with Crippen LogP contribution in [0.4, 0.5) is 0 Å². The van der Waals surface area contributed by atoms with Crippen LogP contribution in [0, 0.1) is 0 Å². The number of H-pyrrole nitrogens is 1. The van der Waals surface area contributed by atoms with E-state index in [-0.39, 0.29) is 11.3 Å². The van der Waals surface area contributed by atoms with Gasteiger partial charge in [0.25, 0.3) is 5.56 Å². The van der Waals surface area contributed by atoms with E-state index in [2.05, 4.69) is 10.1 Å². The molecule has 8 heteroatoms. The number of aromatic nitrogens is 3. The van der Waals surface area contributed by atoms with E-state index in [0.717, 1.165) is 5.56 Å². The van der Waals surface area contributed by atoms with Crippen LogP contribution < -0.4 is 15.0 Å². The second kappa shape index (κ2) is 8.35. The van der Waals surface area contributed by atoms with Crippen LogP contribution in [0.25, 0.3) is 16.9 Å². The highest BCUT2D eigenvalue weighted by molar-refractivity contribution is 5.88. The number of hydrogen-bond acceptors (Lipinski definition) is 6. The number of methoxy groups -OCH3 is 2. The number of hydrogen-bond donors (Lipinski definition) is 1. The molecule has 0 aliphatic rings. The Morgan fingerprint density at radius 3 is 2.32 bits per heavy atom. The van der Waals surface area contributed by atoms with Crippen molar-refractivity contribution in [2.75, 3.05) is 14.2 Å². The summed E-state index contributed by atoms with van der Waals surface area (Å²) >= 11 is 0. The molecule has 0 unspecified atom stereocenters. The Morgan fingerprint density at radius 2 is 1.68 bits per heavy atom. The molecule has 0 aliphatic carbocycles. The van der Waals surface area contributed by atoms with Crippen LogP contribution in [0.3, 0.4) is 0 Å². The maximum absolute atomic E-state index is 12.7. The van der Waals surface area contributed by atoms with Crippen molar-refractivity contribution in [1.29, 1.82) is 0 Å². The molecule has 0 bridgehead atoms.